The molecule has 1 aliphatic heterocycles. The fourth-order valence-electron chi connectivity index (χ4n) is 3.15. The molecule has 0 radical (unpaired) electrons. The SMILES string of the molecule is CCCc1cc(NC(=O)[C@H]2CC(=O)N(C)[C@H]2c2cccnc2)n[nH]1. The molecule has 0 aromatic carbocycles. The maximum Gasteiger partial charge on any atom is 0.231 e. The monoisotopic (exact) mass is 327 g/mol. The van der Waals surface area contributed by atoms with Crippen molar-refractivity contribution in [3.05, 3.63) is 41.9 Å². The second-order valence-electron chi connectivity index (χ2n) is 6.06. The van der Waals surface area contributed by atoms with Crippen LogP contribution in [0.25, 0.3) is 0 Å². The Bertz CT molecular complexity index is 728. The fourth-order valence-corrected chi connectivity index (χ4v) is 3.15. The zero-order valence-corrected chi connectivity index (χ0v) is 13.8. The molecule has 3 heterocycles. The Morgan fingerprint density at radius 3 is 3.04 bits per heavy atom. The third-order valence-corrected chi connectivity index (χ3v) is 4.35. The predicted octanol–water partition coefficient (Wildman–Crippen LogP) is 1.92. The molecule has 3 rings (SSSR count). The van der Waals surface area contributed by atoms with Crippen LogP contribution in [0.2, 0.25) is 0 Å². The minimum absolute atomic E-state index is 0.0438. The zero-order valence-electron chi connectivity index (χ0n) is 13.8. The molecule has 2 aromatic heterocycles. The van der Waals surface area contributed by atoms with E-state index >= 15 is 0 Å². The Hall–Kier alpha value is -2.70. The van der Waals surface area contributed by atoms with E-state index in [-0.39, 0.29) is 24.3 Å². The van der Waals surface area contributed by atoms with Gasteiger partial charge in [-0.2, -0.15) is 5.10 Å². The number of carbonyl (C=O) groups is 2. The minimum atomic E-state index is -0.460. The molecule has 1 fully saturated rings. The summed E-state index contributed by atoms with van der Waals surface area (Å²) in [7, 11) is 1.72. The number of amides is 2. The summed E-state index contributed by atoms with van der Waals surface area (Å²) in [6.07, 6.45) is 5.45. The maximum atomic E-state index is 12.7. The highest BCUT2D eigenvalue weighted by molar-refractivity contribution is 5.97. The molecule has 0 bridgehead atoms. The van der Waals surface area contributed by atoms with Crippen LogP contribution < -0.4 is 5.32 Å². The molecular weight excluding hydrogens is 306 g/mol. The maximum absolute atomic E-state index is 12.7. The van der Waals surface area contributed by atoms with Gasteiger partial charge in [-0.05, 0) is 18.1 Å². The Morgan fingerprint density at radius 1 is 1.50 bits per heavy atom. The van der Waals surface area contributed by atoms with Crippen molar-refractivity contribution in [3.63, 3.8) is 0 Å². The van der Waals surface area contributed by atoms with Crippen LogP contribution >= 0.6 is 0 Å². The van der Waals surface area contributed by atoms with E-state index in [1.165, 1.54) is 0 Å². The zero-order chi connectivity index (χ0) is 17.1. The number of likely N-dealkylation sites (tertiary alicyclic amines) is 1. The number of nitrogens with zero attached hydrogens (tertiary/aromatic N) is 3. The molecule has 7 heteroatoms. The quantitative estimate of drug-likeness (QED) is 0.877. The first-order valence-corrected chi connectivity index (χ1v) is 8.11. The van der Waals surface area contributed by atoms with E-state index in [1.54, 1.807) is 24.3 Å². The number of rotatable bonds is 5. The van der Waals surface area contributed by atoms with E-state index < -0.39 is 5.92 Å². The number of pyridine rings is 1. The molecule has 2 atom stereocenters. The lowest BCUT2D eigenvalue weighted by atomic mass is 9.94. The number of H-pyrrole nitrogens is 1. The van der Waals surface area contributed by atoms with Gasteiger partial charge in [0.1, 0.15) is 0 Å². The fraction of sp³-hybridized carbons (Fsp3) is 0.412. The first-order valence-electron chi connectivity index (χ1n) is 8.11. The highest BCUT2D eigenvalue weighted by Crippen LogP contribution is 2.37. The van der Waals surface area contributed by atoms with Crippen LogP contribution in [0.5, 0.6) is 0 Å². The number of aromatic nitrogens is 3. The molecule has 0 unspecified atom stereocenters. The van der Waals surface area contributed by atoms with Gasteiger partial charge in [-0.3, -0.25) is 19.7 Å². The first-order chi connectivity index (χ1) is 11.6. The van der Waals surface area contributed by atoms with E-state index in [1.807, 2.05) is 18.2 Å². The first kappa shape index (κ1) is 16.2. The van der Waals surface area contributed by atoms with Crippen LogP contribution in [-0.2, 0) is 16.0 Å². The summed E-state index contributed by atoms with van der Waals surface area (Å²) >= 11 is 0. The van der Waals surface area contributed by atoms with Gasteiger partial charge in [-0.25, -0.2) is 0 Å². The summed E-state index contributed by atoms with van der Waals surface area (Å²) in [5.41, 5.74) is 1.84. The molecule has 1 saturated heterocycles. The second-order valence-corrected chi connectivity index (χ2v) is 6.06. The molecule has 0 saturated carbocycles. The van der Waals surface area contributed by atoms with Crippen LogP contribution in [0.4, 0.5) is 5.82 Å². The Kier molecular flexibility index (Phi) is 4.59. The summed E-state index contributed by atoms with van der Waals surface area (Å²) in [5.74, 6) is -0.206. The molecule has 0 spiro atoms. The molecule has 7 nitrogen and oxygen atoms in total. The highest BCUT2D eigenvalue weighted by atomic mass is 16.2. The van der Waals surface area contributed by atoms with Gasteiger partial charge in [0, 0.05) is 37.6 Å². The van der Waals surface area contributed by atoms with E-state index in [4.69, 9.17) is 0 Å². The Balaban J connectivity index is 1.78. The van der Waals surface area contributed by atoms with Crippen LogP contribution in [-0.4, -0.2) is 38.9 Å². The van der Waals surface area contributed by atoms with E-state index in [0.29, 0.717) is 5.82 Å². The molecule has 126 valence electrons. The molecule has 2 amide bonds. The standard InChI is InChI=1S/C17H21N5O2/c1-3-5-12-8-14(21-20-12)19-17(24)13-9-15(23)22(2)16(13)11-6-4-7-18-10-11/h4,6-8,10,13,16H,3,5,9H2,1-2H3,(H2,19,20,21,24)/t13-,16-/m0/s1. The van der Waals surface area contributed by atoms with Gasteiger partial charge in [-0.15, -0.1) is 0 Å². The van der Waals surface area contributed by atoms with Gasteiger partial charge in [0.25, 0.3) is 0 Å². The number of hydrogen-bond acceptors (Lipinski definition) is 4. The van der Waals surface area contributed by atoms with Crippen molar-refractivity contribution < 1.29 is 9.59 Å². The minimum Gasteiger partial charge on any atom is -0.338 e. The molecule has 2 aromatic rings. The van der Waals surface area contributed by atoms with Gasteiger partial charge in [0.2, 0.25) is 11.8 Å². The number of anilines is 1. The van der Waals surface area contributed by atoms with Gasteiger partial charge in [0.05, 0.1) is 12.0 Å². The second kappa shape index (κ2) is 6.82. The van der Waals surface area contributed by atoms with Crippen molar-refractivity contribution in [2.24, 2.45) is 5.92 Å². The van der Waals surface area contributed by atoms with Crippen molar-refractivity contribution in [1.29, 1.82) is 0 Å². The van der Waals surface area contributed by atoms with E-state index in [0.717, 1.165) is 24.1 Å². The molecule has 0 aliphatic carbocycles. The number of nitrogens with one attached hydrogen (secondary N) is 2. The van der Waals surface area contributed by atoms with Crippen molar-refractivity contribution in [2.75, 3.05) is 12.4 Å². The van der Waals surface area contributed by atoms with Gasteiger partial charge in [-0.1, -0.05) is 19.4 Å². The average Bonchev–Trinajstić information content (AvgIpc) is 3.14. The number of carbonyl (C=O) groups excluding carboxylic acids is 2. The highest BCUT2D eigenvalue weighted by Gasteiger charge is 2.42. The topological polar surface area (TPSA) is 91.0 Å². The van der Waals surface area contributed by atoms with Crippen LogP contribution in [0.15, 0.2) is 30.6 Å². The number of aryl methyl sites for hydroxylation is 1. The molecular formula is C17H21N5O2. The lowest BCUT2D eigenvalue weighted by Gasteiger charge is -2.24. The number of hydrogen-bond donors (Lipinski definition) is 2. The smallest absolute Gasteiger partial charge is 0.231 e. The largest absolute Gasteiger partial charge is 0.338 e. The van der Waals surface area contributed by atoms with Crippen LogP contribution in [0.1, 0.15) is 37.1 Å². The van der Waals surface area contributed by atoms with Crippen LogP contribution in [0.3, 0.4) is 0 Å². The van der Waals surface area contributed by atoms with E-state index in [2.05, 4.69) is 27.4 Å². The van der Waals surface area contributed by atoms with Crippen molar-refractivity contribution in [2.45, 2.75) is 32.2 Å². The van der Waals surface area contributed by atoms with Crippen molar-refractivity contribution >= 4 is 17.6 Å². The summed E-state index contributed by atoms with van der Waals surface area (Å²) < 4.78 is 0. The number of aromatic amines is 1. The third-order valence-electron chi connectivity index (χ3n) is 4.35. The Morgan fingerprint density at radius 2 is 2.33 bits per heavy atom. The Labute approximate surface area is 140 Å². The summed E-state index contributed by atoms with van der Waals surface area (Å²) in [4.78, 5) is 30.5. The molecule has 1 aliphatic rings. The summed E-state index contributed by atoms with van der Waals surface area (Å²) in [6, 6.07) is 5.23. The lowest BCUT2D eigenvalue weighted by molar-refractivity contribution is -0.128. The van der Waals surface area contributed by atoms with Crippen molar-refractivity contribution in [1.82, 2.24) is 20.1 Å². The molecule has 24 heavy (non-hydrogen) atoms. The lowest BCUT2D eigenvalue weighted by Crippen LogP contribution is -2.30. The third kappa shape index (κ3) is 3.15. The summed E-state index contributed by atoms with van der Waals surface area (Å²) in [5, 5.41) is 9.85. The summed E-state index contributed by atoms with van der Waals surface area (Å²) in [6.45, 7) is 2.08. The van der Waals surface area contributed by atoms with Crippen molar-refractivity contribution in [3.8, 4) is 0 Å². The van der Waals surface area contributed by atoms with Crippen LogP contribution in [0, 0.1) is 5.92 Å². The molecule has 2 N–H and O–H groups in total. The van der Waals surface area contributed by atoms with Gasteiger partial charge >= 0.3 is 0 Å². The predicted molar refractivity (Wildman–Crippen MR) is 89.1 cm³/mol. The average molecular weight is 327 g/mol. The van der Waals surface area contributed by atoms with E-state index in [9.17, 15) is 9.59 Å². The van der Waals surface area contributed by atoms with Gasteiger partial charge in [0.15, 0.2) is 5.82 Å². The normalized spacial score (nSPS) is 20.4. The van der Waals surface area contributed by atoms with Gasteiger partial charge < -0.3 is 10.2 Å².